The monoisotopic (exact) mass is 332 g/mol. The van der Waals surface area contributed by atoms with Gasteiger partial charge < -0.3 is 15.5 Å². The van der Waals surface area contributed by atoms with Crippen LogP contribution in [0.2, 0.25) is 0 Å². The molecule has 0 aromatic heterocycles. The van der Waals surface area contributed by atoms with Gasteiger partial charge in [-0.2, -0.15) is 0 Å². The van der Waals surface area contributed by atoms with E-state index in [9.17, 15) is 4.39 Å². The lowest BCUT2D eigenvalue weighted by Crippen LogP contribution is -2.38. The highest BCUT2D eigenvalue weighted by Gasteiger charge is 2.34. The standard InChI is InChI=1S/C19H29FN4/c1-2-21-19(22-11-9-16-5-3-4-6-18(16)20)23-13-15-10-12-24(14-15)17-7-8-17/h3-6,15,17H,2,7-14H2,1H3,(H2,21,22,23). The summed E-state index contributed by atoms with van der Waals surface area (Å²) in [6.45, 7) is 6.90. The Balaban J connectivity index is 1.44. The van der Waals surface area contributed by atoms with Gasteiger partial charge in [-0.15, -0.1) is 0 Å². The Morgan fingerprint density at radius 2 is 2.08 bits per heavy atom. The maximum absolute atomic E-state index is 13.6. The zero-order valence-electron chi connectivity index (χ0n) is 14.6. The second-order valence-corrected chi connectivity index (χ2v) is 6.87. The summed E-state index contributed by atoms with van der Waals surface area (Å²) in [4.78, 5) is 7.36. The van der Waals surface area contributed by atoms with Crippen LogP contribution in [0.5, 0.6) is 0 Å². The SMILES string of the molecule is CCNC(=NCC1CCN(C2CC2)C1)NCCc1ccccc1F. The highest BCUT2D eigenvalue weighted by molar-refractivity contribution is 5.79. The third-order valence-corrected chi connectivity index (χ3v) is 4.88. The summed E-state index contributed by atoms with van der Waals surface area (Å²) in [5.41, 5.74) is 0.747. The maximum Gasteiger partial charge on any atom is 0.191 e. The number of likely N-dealkylation sites (tertiary alicyclic amines) is 1. The lowest BCUT2D eigenvalue weighted by molar-refractivity contribution is 0.315. The van der Waals surface area contributed by atoms with Crippen LogP contribution in [0.4, 0.5) is 4.39 Å². The highest BCUT2D eigenvalue weighted by atomic mass is 19.1. The second-order valence-electron chi connectivity index (χ2n) is 6.87. The van der Waals surface area contributed by atoms with Gasteiger partial charge in [0, 0.05) is 32.2 Å². The molecule has 0 radical (unpaired) electrons. The average molecular weight is 332 g/mol. The molecule has 2 fully saturated rings. The Morgan fingerprint density at radius 1 is 1.25 bits per heavy atom. The number of hydrogen-bond donors (Lipinski definition) is 2. The van der Waals surface area contributed by atoms with E-state index in [1.165, 1.54) is 38.4 Å². The molecule has 1 unspecified atom stereocenters. The minimum Gasteiger partial charge on any atom is -0.357 e. The van der Waals surface area contributed by atoms with Gasteiger partial charge in [-0.25, -0.2) is 4.39 Å². The molecule has 1 aliphatic heterocycles. The number of nitrogens with one attached hydrogen (secondary N) is 2. The van der Waals surface area contributed by atoms with Crippen molar-refractivity contribution in [3.05, 3.63) is 35.6 Å². The Hall–Kier alpha value is -1.62. The summed E-state index contributed by atoms with van der Waals surface area (Å²) in [6.07, 6.45) is 4.69. The van der Waals surface area contributed by atoms with Crippen LogP contribution in [0.25, 0.3) is 0 Å². The Labute approximate surface area is 144 Å². The molecule has 0 amide bonds. The second kappa shape index (κ2) is 8.47. The number of benzene rings is 1. The van der Waals surface area contributed by atoms with E-state index in [2.05, 4.69) is 22.5 Å². The molecular formula is C19H29FN4. The predicted octanol–water partition coefficient (Wildman–Crippen LogP) is 2.41. The average Bonchev–Trinajstić information content (AvgIpc) is 3.33. The molecule has 1 saturated heterocycles. The van der Waals surface area contributed by atoms with E-state index in [1.54, 1.807) is 6.07 Å². The van der Waals surface area contributed by atoms with Crippen molar-refractivity contribution in [3.8, 4) is 0 Å². The van der Waals surface area contributed by atoms with Crippen LogP contribution in [0.15, 0.2) is 29.3 Å². The van der Waals surface area contributed by atoms with Crippen molar-refractivity contribution in [1.29, 1.82) is 0 Å². The van der Waals surface area contributed by atoms with Gasteiger partial charge in [0.05, 0.1) is 0 Å². The van der Waals surface area contributed by atoms with E-state index < -0.39 is 0 Å². The largest absolute Gasteiger partial charge is 0.357 e. The lowest BCUT2D eigenvalue weighted by Gasteiger charge is -2.15. The van der Waals surface area contributed by atoms with Crippen LogP contribution in [0.1, 0.15) is 31.7 Å². The number of guanidine groups is 1. The molecule has 5 heteroatoms. The molecule has 132 valence electrons. The van der Waals surface area contributed by atoms with E-state index in [1.807, 2.05) is 12.1 Å². The molecule has 1 aromatic rings. The molecule has 1 saturated carbocycles. The Bertz CT molecular complexity index is 556. The summed E-state index contributed by atoms with van der Waals surface area (Å²) in [7, 11) is 0. The summed E-state index contributed by atoms with van der Waals surface area (Å²) in [5, 5.41) is 6.61. The number of aliphatic imine (C=N–C) groups is 1. The number of rotatable bonds is 7. The summed E-state index contributed by atoms with van der Waals surface area (Å²) in [6, 6.07) is 7.83. The van der Waals surface area contributed by atoms with Crippen molar-refractivity contribution in [2.45, 2.75) is 38.6 Å². The van der Waals surface area contributed by atoms with E-state index >= 15 is 0 Å². The first kappa shape index (κ1) is 17.2. The fourth-order valence-electron chi connectivity index (χ4n) is 3.36. The van der Waals surface area contributed by atoms with Crippen LogP contribution >= 0.6 is 0 Å². The van der Waals surface area contributed by atoms with Crippen molar-refractivity contribution < 1.29 is 4.39 Å². The molecule has 1 aliphatic carbocycles. The van der Waals surface area contributed by atoms with Gasteiger partial charge in [0.25, 0.3) is 0 Å². The molecule has 1 heterocycles. The predicted molar refractivity (Wildman–Crippen MR) is 96.8 cm³/mol. The van der Waals surface area contributed by atoms with Gasteiger partial charge in [-0.3, -0.25) is 4.99 Å². The smallest absolute Gasteiger partial charge is 0.191 e. The topological polar surface area (TPSA) is 39.7 Å². The van der Waals surface area contributed by atoms with Crippen molar-refractivity contribution in [2.75, 3.05) is 32.7 Å². The first-order valence-corrected chi connectivity index (χ1v) is 9.26. The molecule has 2 N–H and O–H groups in total. The number of nitrogens with zero attached hydrogens (tertiary/aromatic N) is 2. The molecule has 4 nitrogen and oxygen atoms in total. The van der Waals surface area contributed by atoms with Gasteiger partial charge in [0.1, 0.15) is 5.82 Å². The van der Waals surface area contributed by atoms with Crippen LogP contribution < -0.4 is 10.6 Å². The minimum atomic E-state index is -0.132. The fraction of sp³-hybridized carbons (Fsp3) is 0.632. The van der Waals surface area contributed by atoms with Crippen LogP contribution in [-0.4, -0.2) is 49.6 Å². The van der Waals surface area contributed by atoms with Gasteiger partial charge in [-0.1, -0.05) is 18.2 Å². The third kappa shape index (κ3) is 4.94. The summed E-state index contributed by atoms with van der Waals surface area (Å²) < 4.78 is 13.6. The molecular weight excluding hydrogens is 303 g/mol. The van der Waals surface area contributed by atoms with E-state index in [0.29, 0.717) is 18.9 Å². The maximum atomic E-state index is 13.6. The fourth-order valence-corrected chi connectivity index (χ4v) is 3.36. The van der Waals surface area contributed by atoms with Crippen molar-refractivity contribution in [3.63, 3.8) is 0 Å². The highest BCUT2D eigenvalue weighted by Crippen LogP contribution is 2.31. The molecule has 0 spiro atoms. The molecule has 1 aromatic carbocycles. The van der Waals surface area contributed by atoms with Crippen LogP contribution in [0, 0.1) is 11.7 Å². The summed E-state index contributed by atoms with van der Waals surface area (Å²) >= 11 is 0. The van der Waals surface area contributed by atoms with E-state index in [4.69, 9.17) is 4.99 Å². The van der Waals surface area contributed by atoms with Crippen LogP contribution in [0.3, 0.4) is 0 Å². The summed E-state index contributed by atoms with van der Waals surface area (Å²) in [5.74, 6) is 1.39. The number of hydrogen-bond acceptors (Lipinski definition) is 2. The van der Waals surface area contributed by atoms with Gasteiger partial charge in [0.15, 0.2) is 5.96 Å². The van der Waals surface area contributed by atoms with Crippen molar-refractivity contribution in [1.82, 2.24) is 15.5 Å². The van der Waals surface area contributed by atoms with Crippen molar-refractivity contribution in [2.24, 2.45) is 10.9 Å². The zero-order chi connectivity index (χ0) is 16.8. The van der Waals surface area contributed by atoms with E-state index in [-0.39, 0.29) is 5.82 Å². The normalized spacial score (nSPS) is 21.9. The van der Waals surface area contributed by atoms with E-state index in [0.717, 1.165) is 30.7 Å². The molecule has 1 atom stereocenters. The zero-order valence-corrected chi connectivity index (χ0v) is 14.6. The minimum absolute atomic E-state index is 0.132. The van der Waals surface area contributed by atoms with Crippen LogP contribution in [-0.2, 0) is 6.42 Å². The Morgan fingerprint density at radius 3 is 2.83 bits per heavy atom. The van der Waals surface area contributed by atoms with Gasteiger partial charge >= 0.3 is 0 Å². The molecule has 3 rings (SSSR count). The quantitative estimate of drug-likeness (QED) is 0.595. The molecule has 24 heavy (non-hydrogen) atoms. The Kier molecular flexibility index (Phi) is 6.07. The molecule has 2 aliphatic rings. The third-order valence-electron chi connectivity index (χ3n) is 4.88. The molecule has 0 bridgehead atoms. The van der Waals surface area contributed by atoms with Gasteiger partial charge in [0.2, 0.25) is 0 Å². The first-order chi connectivity index (χ1) is 11.8. The van der Waals surface area contributed by atoms with Crippen molar-refractivity contribution >= 4 is 5.96 Å². The number of halogens is 1. The van der Waals surface area contributed by atoms with Gasteiger partial charge in [-0.05, 0) is 56.7 Å². The lowest BCUT2D eigenvalue weighted by atomic mass is 10.1. The first-order valence-electron chi connectivity index (χ1n) is 9.26.